The third kappa shape index (κ3) is 9.71. The molecule has 148 valence electrons. The van der Waals surface area contributed by atoms with Crippen molar-refractivity contribution in [2.45, 2.75) is 64.0 Å². The van der Waals surface area contributed by atoms with Crippen LogP contribution in [0.5, 0.6) is 0 Å². The Morgan fingerprint density at radius 2 is 1.92 bits per heavy atom. The van der Waals surface area contributed by atoms with Gasteiger partial charge in [0.1, 0.15) is 5.82 Å². The molecule has 0 unspecified atom stereocenters. The molecule has 2 rings (SSSR count). The zero-order valence-electron chi connectivity index (χ0n) is 15.8. The van der Waals surface area contributed by atoms with Gasteiger partial charge in [0.15, 0.2) is 5.96 Å². The van der Waals surface area contributed by atoms with Crippen molar-refractivity contribution in [3.05, 3.63) is 35.6 Å². The number of hydrogen-bond acceptors (Lipinski definition) is 2. The fourth-order valence-electron chi connectivity index (χ4n) is 3.15. The van der Waals surface area contributed by atoms with Crippen LogP contribution in [0.25, 0.3) is 0 Å². The maximum atomic E-state index is 13.2. The summed E-state index contributed by atoms with van der Waals surface area (Å²) in [5, 5.41) is 6.50. The summed E-state index contributed by atoms with van der Waals surface area (Å²) in [6, 6.07) is 6.60. The lowest BCUT2D eigenvalue weighted by molar-refractivity contribution is 0.0411. The topological polar surface area (TPSA) is 45.7 Å². The van der Waals surface area contributed by atoms with Crippen molar-refractivity contribution < 1.29 is 9.13 Å². The van der Waals surface area contributed by atoms with Gasteiger partial charge in [-0.3, -0.25) is 4.99 Å². The lowest BCUT2D eigenvalue weighted by atomic mass is 10.1. The van der Waals surface area contributed by atoms with E-state index >= 15 is 0 Å². The number of hydrogen-bond donors (Lipinski definition) is 2. The minimum absolute atomic E-state index is 0. The van der Waals surface area contributed by atoms with Crippen molar-refractivity contribution in [3.63, 3.8) is 0 Å². The Balaban J connectivity index is 0.00000338. The molecule has 1 aliphatic carbocycles. The summed E-state index contributed by atoms with van der Waals surface area (Å²) in [7, 11) is 1.75. The predicted molar refractivity (Wildman–Crippen MR) is 117 cm³/mol. The third-order valence-corrected chi connectivity index (χ3v) is 4.59. The Hall–Kier alpha value is -0.890. The van der Waals surface area contributed by atoms with E-state index in [1.807, 2.05) is 6.07 Å². The molecule has 0 radical (unpaired) electrons. The standard InChI is InChI=1S/C20H32FN3O.HI/c1-22-20(24-16-17-9-8-10-18(21)15-17)23-13-6-7-14-25-19-11-4-2-3-5-12-19;/h8-10,15,19H,2-7,11-14,16H2,1H3,(H2,22,23,24);1H. The van der Waals surface area contributed by atoms with Gasteiger partial charge in [0.05, 0.1) is 6.10 Å². The summed E-state index contributed by atoms with van der Waals surface area (Å²) >= 11 is 0. The maximum Gasteiger partial charge on any atom is 0.191 e. The average Bonchev–Trinajstić information content (AvgIpc) is 2.89. The normalized spacial score (nSPS) is 15.8. The molecule has 26 heavy (non-hydrogen) atoms. The molecule has 1 aromatic rings. The van der Waals surface area contributed by atoms with E-state index in [1.165, 1.54) is 50.7 Å². The van der Waals surface area contributed by atoms with E-state index in [9.17, 15) is 4.39 Å². The molecule has 1 fully saturated rings. The van der Waals surface area contributed by atoms with Crippen molar-refractivity contribution >= 4 is 29.9 Å². The first kappa shape index (κ1) is 23.1. The van der Waals surface area contributed by atoms with Gasteiger partial charge in [0.2, 0.25) is 0 Å². The second-order valence-corrected chi connectivity index (χ2v) is 6.67. The Bertz CT molecular complexity index is 520. The molecule has 1 aliphatic rings. The number of guanidine groups is 1. The molecule has 1 saturated carbocycles. The molecule has 0 bridgehead atoms. The molecular formula is C20H33FIN3O. The summed E-state index contributed by atoms with van der Waals surface area (Å²) in [6.45, 7) is 2.26. The smallest absolute Gasteiger partial charge is 0.191 e. The lowest BCUT2D eigenvalue weighted by Crippen LogP contribution is -2.37. The van der Waals surface area contributed by atoms with Crippen LogP contribution in [0.2, 0.25) is 0 Å². The van der Waals surface area contributed by atoms with Crippen LogP contribution in [0.3, 0.4) is 0 Å². The molecule has 0 aromatic heterocycles. The fraction of sp³-hybridized carbons (Fsp3) is 0.650. The number of rotatable bonds is 8. The molecule has 0 amide bonds. The zero-order valence-corrected chi connectivity index (χ0v) is 18.1. The number of aliphatic imine (C=N–C) groups is 1. The minimum atomic E-state index is -0.212. The highest BCUT2D eigenvalue weighted by atomic mass is 127. The van der Waals surface area contributed by atoms with Crippen LogP contribution in [0.1, 0.15) is 56.9 Å². The van der Waals surface area contributed by atoms with Crippen LogP contribution in [-0.4, -0.2) is 32.3 Å². The van der Waals surface area contributed by atoms with Crippen LogP contribution < -0.4 is 10.6 Å². The van der Waals surface area contributed by atoms with Crippen molar-refractivity contribution in [1.82, 2.24) is 10.6 Å². The number of ether oxygens (including phenoxy) is 1. The van der Waals surface area contributed by atoms with Gasteiger partial charge in [0, 0.05) is 26.7 Å². The highest BCUT2D eigenvalue weighted by Crippen LogP contribution is 2.19. The van der Waals surface area contributed by atoms with Gasteiger partial charge in [0.25, 0.3) is 0 Å². The largest absolute Gasteiger partial charge is 0.378 e. The number of benzene rings is 1. The first-order chi connectivity index (χ1) is 12.3. The van der Waals surface area contributed by atoms with Gasteiger partial charge < -0.3 is 15.4 Å². The van der Waals surface area contributed by atoms with Crippen molar-refractivity contribution in [2.75, 3.05) is 20.2 Å². The third-order valence-electron chi connectivity index (χ3n) is 4.59. The molecular weight excluding hydrogens is 444 g/mol. The number of nitrogens with zero attached hydrogens (tertiary/aromatic N) is 1. The van der Waals surface area contributed by atoms with Gasteiger partial charge in [-0.1, -0.05) is 37.8 Å². The monoisotopic (exact) mass is 477 g/mol. The molecule has 6 heteroatoms. The van der Waals surface area contributed by atoms with Crippen molar-refractivity contribution in [1.29, 1.82) is 0 Å². The quantitative estimate of drug-likeness (QED) is 0.189. The van der Waals surface area contributed by atoms with Gasteiger partial charge in [-0.05, 0) is 43.4 Å². The Labute approximate surface area is 174 Å². The van der Waals surface area contributed by atoms with Crippen LogP contribution in [0.4, 0.5) is 4.39 Å². The second kappa shape index (κ2) is 14.2. The number of halogens is 2. The van der Waals surface area contributed by atoms with Crippen LogP contribution in [-0.2, 0) is 11.3 Å². The van der Waals surface area contributed by atoms with E-state index in [0.717, 1.165) is 37.5 Å². The first-order valence-corrected chi connectivity index (χ1v) is 9.58. The van der Waals surface area contributed by atoms with Crippen LogP contribution in [0, 0.1) is 5.82 Å². The molecule has 1 aromatic carbocycles. The molecule has 0 heterocycles. The highest BCUT2D eigenvalue weighted by molar-refractivity contribution is 14.0. The average molecular weight is 477 g/mol. The van der Waals surface area contributed by atoms with Gasteiger partial charge >= 0.3 is 0 Å². The maximum absolute atomic E-state index is 13.2. The van der Waals surface area contributed by atoms with E-state index in [1.54, 1.807) is 13.1 Å². The SMILES string of the molecule is CN=C(NCCCCOC1CCCCCC1)NCc1cccc(F)c1.I. The van der Waals surface area contributed by atoms with Crippen LogP contribution >= 0.6 is 24.0 Å². The molecule has 2 N–H and O–H groups in total. The van der Waals surface area contributed by atoms with E-state index in [4.69, 9.17) is 4.74 Å². The Morgan fingerprint density at radius 3 is 2.62 bits per heavy atom. The van der Waals surface area contributed by atoms with E-state index in [-0.39, 0.29) is 29.8 Å². The zero-order chi connectivity index (χ0) is 17.7. The highest BCUT2D eigenvalue weighted by Gasteiger charge is 2.11. The molecule has 0 saturated heterocycles. The van der Waals surface area contributed by atoms with Crippen molar-refractivity contribution in [2.24, 2.45) is 4.99 Å². The molecule has 0 atom stereocenters. The lowest BCUT2D eigenvalue weighted by Gasteiger charge is -2.15. The summed E-state index contributed by atoms with van der Waals surface area (Å²) in [4.78, 5) is 4.20. The molecule has 4 nitrogen and oxygen atoms in total. The van der Waals surface area contributed by atoms with E-state index in [0.29, 0.717) is 12.6 Å². The summed E-state index contributed by atoms with van der Waals surface area (Å²) in [5.41, 5.74) is 0.903. The van der Waals surface area contributed by atoms with Gasteiger partial charge in [-0.2, -0.15) is 0 Å². The van der Waals surface area contributed by atoms with Gasteiger partial charge in [-0.25, -0.2) is 4.39 Å². The first-order valence-electron chi connectivity index (χ1n) is 9.58. The van der Waals surface area contributed by atoms with E-state index < -0.39 is 0 Å². The molecule has 0 aliphatic heterocycles. The Morgan fingerprint density at radius 1 is 1.15 bits per heavy atom. The Kier molecular flexibility index (Phi) is 12.6. The predicted octanol–water partition coefficient (Wildman–Crippen LogP) is 4.63. The van der Waals surface area contributed by atoms with Crippen molar-refractivity contribution in [3.8, 4) is 0 Å². The van der Waals surface area contributed by atoms with Crippen LogP contribution in [0.15, 0.2) is 29.3 Å². The van der Waals surface area contributed by atoms with Gasteiger partial charge in [-0.15, -0.1) is 24.0 Å². The number of unbranched alkanes of at least 4 members (excludes halogenated alkanes) is 1. The minimum Gasteiger partial charge on any atom is -0.378 e. The second-order valence-electron chi connectivity index (χ2n) is 6.67. The summed E-state index contributed by atoms with van der Waals surface area (Å²) in [6.07, 6.45) is 10.4. The number of nitrogens with one attached hydrogen (secondary N) is 2. The summed E-state index contributed by atoms with van der Waals surface area (Å²) < 4.78 is 19.2. The summed E-state index contributed by atoms with van der Waals surface area (Å²) in [5.74, 6) is 0.532. The molecule has 0 spiro atoms. The fourth-order valence-corrected chi connectivity index (χ4v) is 3.15. The van der Waals surface area contributed by atoms with E-state index in [2.05, 4.69) is 15.6 Å².